The van der Waals surface area contributed by atoms with Gasteiger partial charge in [-0.3, -0.25) is 14.7 Å². The molecular weight excluding hydrogens is 480 g/mol. The summed E-state index contributed by atoms with van der Waals surface area (Å²) in [6.45, 7) is 3.35. The maximum Gasteiger partial charge on any atom is 0.293 e. The molecule has 3 aromatic rings. The Morgan fingerprint density at radius 3 is 2.72 bits per heavy atom. The van der Waals surface area contributed by atoms with Crippen LogP contribution in [0.15, 0.2) is 59.7 Å². The van der Waals surface area contributed by atoms with Gasteiger partial charge in [-0.25, -0.2) is 0 Å². The normalized spacial score (nSPS) is 15.6. The molecule has 0 amide bonds. The summed E-state index contributed by atoms with van der Waals surface area (Å²) in [6, 6.07) is 14.6. The third-order valence-corrected chi connectivity index (χ3v) is 6.03. The van der Waals surface area contributed by atoms with Crippen LogP contribution in [0.1, 0.15) is 22.9 Å². The van der Waals surface area contributed by atoms with Crippen LogP contribution in [-0.4, -0.2) is 69.6 Å². The number of carbonyl (C=O) groups excluding carboxylic acids is 1. The van der Waals surface area contributed by atoms with Crippen LogP contribution in [0, 0.1) is 0 Å². The molecule has 36 heavy (non-hydrogen) atoms. The molecule has 0 saturated carbocycles. The monoisotopic (exact) mass is 512 g/mol. The van der Waals surface area contributed by atoms with E-state index in [2.05, 4.69) is 55.7 Å². The number of fused-ring (bicyclic) bond motifs is 3. The zero-order valence-electron chi connectivity index (χ0n) is 20.7. The summed E-state index contributed by atoms with van der Waals surface area (Å²) in [5.41, 5.74) is 10.3. The van der Waals surface area contributed by atoms with Gasteiger partial charge in [0.15, 0.2) is 0 Å². The quantitative estimate of drug-likeness (QED) is 0.240. The number of aromatic amines is 1. The molecule has 4 rings (SSSR count). The number of allylic oxidation sites excluding steroid dienone is 1. The molecule has 1 aliphatic heterocycles. The van der Waals surface area contributed by atoms with E-state index < -0.39 is 0 Å². The highest BCUT2D eigenvalue weighted by molar-refractivity contribution is 6.31. The number of H-pyrrole nitrogens is 1. The standard InChI is InChI=1S/C23H25ClN4O.C4H8O3/c1-28-13-9-19-20-15-17(24)5-8-21(20)27-22(19)23(28)16-3-6-18(7-4-16)29-14-12-26-11-2-10-25;1-6-2-3-7-4-5/h2-8,10-11,15,23,27H,9,12-14,25H2,1H3;4H,2-3H2,1H3/b10-2-,26-11?;. The molecule has 0 bridgehead atoms. The van der Waals surface area contributed by atoms with Gasteiger partial charge in [0, 0.05) is 41.5 Å². The predicted molar refractivity (Wildman–Crippen MR) is 144 cm³/mol. The van der Waals surface area contributed by atoms with Gasteiger partial charge in [0.05, 0.1) is 19.2 Å². The van der Waals surface area contributed by atoms with Crippen molar-refractivity contribution in [1.29, 1.82) is 0 Å². The largest absolute Gasteiger partial charge is 0.492 e. The number of benzene rings is 2. The van der Waals surface area contributed by atoms with Gasteiger partial charge in [0.2, 0.25) is 0 Å². The zero-order valence-corrected chi connectivity index (χ0v) is 21.4. The molecule has 3 N–H and O–H groups in total. The Hall–Kier alpha value is -3.33. The Balaban J connectivity index is 0.000000454. The Morgan fingerprint density at radius 1 is 1.19 bits per heavy atom. The first-order valence-electron chi connectivity index (χ1n) is 11.7. The molecule has 0 radical (unpaired) electrons. The lowest BCUT2D eigenvalue weighted by molar-refractivity contribution is -0.129. The van der Waals surface area contributed by atoms with Crippen LogP contribution < -0.4 is 10.5 Å². The molecule has 2 aromatic carbocycles. The number of likely N-dealkylation sites (N-methyl/N-ethyl adjacent to an activating group) is 1. The number of aliphatic imine (C=N–C) groups is 1. The van der Waals surface area contributed by atoms with Crippen molar-refractivity contribution in [3.63, 3.8) is 0 Å². The minimum atomic E-state index is 0.187. The van der Waals surface area contributed by atoms with Crippen LogP contribution in [-0.2, 0) is 20.7 Å². The molecule has 1 atom stereocenters. The number of methoxy groups -OCH3 is 1. The predicted octanol–water partition coefficient (Wildman–Crippen LogP) is 4.13. The van der Waals surface area contributed by atoms with Crippen molar-refractivity contribution in [3.05, 3.63) is 76.6 Å². The number of halogens is 1. The smallest absolute Gasteiger partial charge is 0.293 e. The fourth-order valence-electron chi connectivity index (χ4n) is 4.13. The average molecular weight is 513 g/mol. The Kier molecular flexibility index (Phi) is 10.8. The van der Waals surface area contributed by atoms with Crippen molar-refractivity contribution in [2.45, 2.75) is 12.5 Å². The summed E-state index contributed by atoms with van der Waals surface area (Å²) < 4.78 is 14.6. The lowest BCUT2D eigenvalue weighted by Gasteiger charge is -2.33. The number of hydrogen-bond donors (Lipinski definition) is 2. The van der Waals surface area contributed by atoms with E-state index in [1.807, 2.05) is 18.2 Å². The Morgan fingerprint density at radius 2 is 2.00 bits per heavy atom. The first-order chi connectivity index (χ1) is 17.6. The van der Waals surface area contributed by atoms with E-state index in [1.165, 1.54) is 28.4 Å². The summed E-state index contributed by atoms with van der Waals surface area (Å²) in [5, 5.41) is 2.01. The highest BCUT2D eigenvalue weighted by Gasteiger charge is 2.29. The second-order valence-electron chi connectivity index (χ2n) is 8.16. The molecule has 1 unspecified atom stereocenters. The lowest BCUT2D eigenvalue weighted by atomic mass is 9.93. The highest BCUT2D eigenvalue weighted by Crippen LogP contribution is 2.38. The van der Waals surface area contributed by atoms with E-state index in [9.17, 15) is 4.79 Å². The molecule has 0 spiro atoms. The van der Waals surface area contributed by atoms with E-state index in [0.717, 1.165) is 29.3 Å². The van der Waals surface area contributed by atoms with Gasteiger partial charge >= 0.3 is 0 Å². The van der Waals surface area contributed by atoms with E-state index in [1.54, 1.807) is 19.4 Å². The highest BCUT2D eigenvalue weighted by atomic mass is 35.5. The van der Waals surface area contributed by atoms with Gasteiger partial charge in [-0.2, -0.15) is 0 Å². The number of aromatic nitrogens is 1. The van der Waals surface area contributed by atoms with Crippen LogP contribution in [0.2, 0.25) is 5.02 Å². The van der Waals surface area contributed by atoms with Crippen molar-refractivity contribution in [2.75, 3.05) is 47.1 Å². The first-order valence-corrected chi connectivity index (χ1v) is 12.1. The van der Waals surface area contributed by atoms with Crippen LogP contribution in [0.5, 0.6) is 5.75 Å². The van der Waals surface area contributed by atoms with Crippen LogP contribution in [0.25, 0.3) is 10.9 Å². The number of nitrogens with one attached hydrogen (secondary N) is 1. The Labute approximate surface area is 216 Å². The van der Waals surface area contributed by atoms with E-state index in [4.69, 9.17) is 22.1 Å². The summed E-state index contributed by atoms with van der Waals surface area (Å²) in [6.07, 6.45) is 5.85. The van der Waals surface area contributed by atoms with Gasteiger partial charge in [-0.05, 0) is 67.2 Å². The molecule has 0 fully saturated rings. The zero-order chi connectivity index (χ0) is 25.8. The summed E-state index contributed by atoms with van der Waals surface area (Å²) in [5.74, 6) is 0.848. The van der Waals surface area contributed by atoms with E-state index >= 15 is 0 Å². The van der Waals surface area contributed by atoms with Gasteiger partial charge in [0.1, 0.15) is 19.0 Å². The molecular formula is C27H33ClN4O4. The van der Waals surface area contributed by atoms with Crippen LogP contribution in [0.3, 0.4) is 0 Å². The van der Waals surface area contributed by atoms with Crippen LogP contribution in [0.4, 0.5) is 0 Å². The molecule has 192 valence electrons. The van der Waals surface area contributed by atoms with E-state index in [0.29, 0.717) is 32.8 Å². The minimum absolute atomic E-state index is 0.187. The van der Waals surface area contributed by atoms with Gasteiger partial charge in [-0.15, -0.1) is 0 Å². The number of nitrogens with zero attached hydrogens (tertiary/aromatic N) is 2. The van der Waals surface area contributed by atoms with Gasteiger partial charge in [-0.1, -0.05) is 23.7 Å². The third kappa shape index (κ3) is 7.34. The molecule has 0 saturated heterocycles. The number of rotatable bonds is 10. The van der Waals surface area contributed by atoms with E-state index in [-0.39, 0.29) is 6.04 Å². The third-order valence-electron chi connectivity index (χ3n) is 5.79. The molecule has 9 heteroatoms. The fourth-order valence-corrected chi connectivity index (χ4v) is 4.30. The van der Waals surface area contributed by atoms with Crippen molar-refractivity contribution < 1.29 is 19.0 Å². The fraction of sp³-hybridized carbons (Fsp3) is 0.333. The maximum atomic E-state index is 9.40. The van der Waals surface area contributed by atoms with Crippen molar-refractivity contribution >= 4 is 35.2 Å². The average Bonchev–Trinajstić information content (AvgIpc) is 3.25. The molecule has 8 nitrogen and oxygen atoms in total. The SMILES string of the molecule is CN1CCc2c([nH]c3ccc(Cl)cc23)C1c1ccc(OCCN=C/C=C\N)cc1.COCCOC=O. The molecule has 0 aliphatic carbocycles. The summed E-state index contributed by atoms with van der Waals surface area (Å²) in [4.78, 5) is 19.6. The van der Waals surface area contributed by atoms with Crippen LogP contribution >= 0.6 is 11.6 Å². The topological polar surface area (TPSA) is 102 Å². The lowest BCUT2D eigenvalue weighted by Crippen LogP contribution is -2.32. The van der Waals surface area contributed by atoms with Crippen molar-refractivity contribution in [3.8, 4) is 5.75 Å². The number of hydrogen-bond acceptors (Lipinski definition) is 7. The van der Waals surface area contributed by atoms with Gasteiger partial charge < -0.3 is 24.9 Å². The van der Waals surface area contributed by atoms with Crippen molar-refractivity contribution in [2.24, 2.45) is 10.7 Å². The maximum absolute atomic E-state index is 9.40. The molecule has 1 aromatic heterocycles. The van der Waals surface area contributed by atoms with Crippen molar-refractivity contribution in [1.82, 2.24) is 9.88 Å². The molecule has 2 heterocycles. The second kappa shape index (κ2) is 14.3. The second-order valence-corrected chi connectivity index (χ2v) is 8.59. The minimum Gasteiger partial charge on any atom is -0.492 e. The number of nitrogens with two attached hydrogens (primary N) is 1. The number of ether oxygens (including phenoxy) is 3. The molecule has 1 aliphatic rings. The Bertz CT molecular complexity index is 1160. The first kappa shape index (κ1) is 27.3. The number of carbonyl (C=O) groups is 1. The summed E-state index contributed by atoms with van der Waals surface area (Å²) >= 11 is 6.24. The summed E-state index contributed by atoms with van der Waals surface area (Å²) in [7, 11) is 3.72. The van der Waals surface area contributed by atoms with Gasteiger partial charge in [0.25, 0.3) is 6.47 Å².